The summed E-state index contributed by atoms with van der Waals surface area (Å²) < 4.78 is 5.03. The van der Waals surface area contributed by atoms with Crippen molar-refractivity contribution in [3.63, 3.8) is 0 Å². The van der Waals surface area contributed by atoms with Crippen LogP contribution in [0.1, 0.15) is 29.7 Å². The summed E-state index contributed by atoms with van der Waals surface area (Å²) in [6, 6.07) is 6.36. The lowest BCUT2D eigenvalue weighted by Gasteiger charge is -2.01. The van der Waals surface area contributed by atoms with Gasteiger partial charge in [0.1, 0.15) is 5.75 Å². The van der Waals surface area contributed by atoms with E-state index in [0.29, 0.717) is 24.6 Å². The number of hydrogen-bond acceptors (Lipinski definition) is 6. The Hall–Kier alpha value is -1.92. The number of aliphatic hydroxyl groups is 1. The summed E-state index contributed by atoms with van der Waals surface area (Å²) in [5, 5.41) is 21.8. The number of phenolic OH excluding ortho intramolecular Hbond substituents is 1. The lowest BCUT2D eigenvalue weighted by atomic mass is 10.1. The molecule has 0 amide bonds. The number of aromatic hydroxyl groups is 1. The van der Waals surface area contributed by atoms with E-state index in [0.717, 1.165) is 5.56 Å². The van der Waals surface area contributed by atoms with E-state index < -0.39 is 6.04 Å². The molecule has 1 unspecified atom stereocenters. The Bertz CT molecular complexity index is 496. The molecule has 0 aliphatic rings. The molecule has 18 heavy (non-hydrogen) atoms. The third-order valence-electron chi connectivity index (χ3n) is 2.54. The standard InChI is InChI=1S/C12H15N3O3/c13-10(5-6-16)12-14-11(15-18-12)7-8-1-3-9(17)4-2-8/h1-4,10,16-17H,5-7,13H2. The molecule has 0 saturated heterocycles. The van der Waals surface area contributed by atoms with E-state index in [2.05, 4.69) is 10.1 Å². The first-order chi connectivity index (χ1) is 8.69. The number of aromatic nitrogens is 2. The van der Waals surface area contributed by atoms with Crippen molar-refractivity contribution in [2.24, 2.45) is 5.73 Å². The maximum absolute atomic E-state index is 9.17. The van der Waals surface area contributed by atoms with Gasteiger partial charge in [-0.3, -0.25) is 0 Å². The molecule has 0 saturated carbocycles. The van der Waals surface area contributed by atoms with Gasteiger partial charge in [-0.1, -0.05) is 17.3 Å². The SMILES string of the molecule is NC(CCO)c1nc(Cc2ccc(O)cc2)no1. The van der Waals surface area contributed by atoms with Gasteiger partial charge in [-0.05, 0) is 24.1 Å². The van der Waals surface area contributed by atoms with Crippen LogP contribution in [0.5, 0.6) is 5.75 Å². The van der Waals surface area contributed by atoms with Crippen molar-refractivity contribution in [2.75, 3.05) is 6.61 Å². The molecule has 1 atom stereocenters. The Morgan fingerprint density at radius 3 is 2.67 bits per heavy atom. The highest BCUT2D eigenvalue weighted by Crippen LogP contribution is 2.15. The first kappa shape index (κ1) is 12.5. The molecule has 0 radical (unpaired) electrons. The van der Waals surface area contributed by atoms with Crippen LogP contribution >= 0.6 is 0 Å². The quantitative estimate of drug-likeness (QED) is 0.722. The predicted molar refractivity (Wildman–Crippen MR) is 63.8 cm³/mol. The van der Waals surface area contributed by atoms with Crippen molar-refractivity contribution in [1.82, 2.24) is 10.1 Å². The number of phenols is 1. The van der Waals surface area contributed by atoms with E-state index in [-0.39, 0.29) is 12.4 Å². The Labute approximate surface area is 104 Å². The van der Waals surface area contributed by atoms with Gasteiger partial charge in [-0.15, -0.1) is 0 Å². The average molecular weight is 249 g/mol. The van der Waals surface area contributed by atoms with Crippen molar-refractivity contribution >= 4 is 0 Å². The third-order valence-corrected chi connectivity index (χ3v) is 2.54. The number of hydrogen-bond donors (Lipinski definition) is 3. The number of rotatable bonds is 5. The van der Waals surface area contributed by atoms with Crippen LogP contribution < -0.4 is 5.73 Å². The van der Waals surface area contributed by atoms with E-state index in [9.17, 15) is 0 Å². The molecule has 1 aromatic heterocycles. The highest BCUT2D eigenvalue weighted by Gasteiger charge is 2.14. The topological polar surface area (TPSA) is 105 Å². The summed E-state index contributed by atoms with van der Waals surface area (Å²) in [5.74, 6) is 1.08. The number of benzene rings is 1. The molecule has 0 fully saturated rings. The Morgan fingerprint density at radius 2 is 2.00 bits per heavy atom. The summed E-state index contributed by atoms with van der Waals surface area (Å²) in [4.78, 5) is 4.17. The summed E-state index contributed by atoms with van der Waals surface area (Å²) in [6.07, 6.45) is 0.899. The van der Waals surface area contributed by atoms with Crippen LogP contribution in [0.25, 0.3) is 0 Å². The maximum atomic E-state index is 9.17. The molecular formula is C12H15N3O3. The average Bonchev–Trinajstić information content (AvgIpc) is 2.81. The minimum absolute atomic E-state index is 0.0170. The highest BCUT2D eigenvalue weighted by molar-refractivity contribution is 5.27. The summed E-state index contributed by atoms with van der Waals surface area (Å²) in [5.41, 5.74) is 6.71. The van der Waals surface area contributed by atoms with E-state index in [1.54, 1.807) is 24.3 Å². The van der Waals surface area contributed by atoms with Gasteiger partial charge in [-0.25, -0.2) is 0 Å². The lowest BCUT2D eigenvalue weighted by molar-refractivity contribution is 0.259. The minimum Gasteiger partial charge on any atom is -0.508 e. The molecule has 1 heterocycles. The molecule has 2 aromatic rings. The van der Waals surface area contributed by atoms with Crippen molar-refractivity contribution in [1.29, 1.82) is 0 Å². The number of aliphatic hydroxyl groups excluding tert-OH is 1. The van der Waals surface area contributed by atoms with Gasteiger partial charge >= 0.3 is 0 Å². The molecule has 0 aliphatic heterocycles. The minimum atomic E-state index is -0.434. The Morgan fingerprint density at radius 1 is 1.28 bits per heavy atom. The summed E-state index contributed by atoms with van der Waals surface area (Å²) >= 11 is 0. The Balaban J connectivity index is 2.04. The van der Waals surface area contributed by atoms with Gasteiger partial charge in [0, 0.05) is 13.0 Å². The number of nitrogens with zero attached hydrogens (tertiary/aromatic N) is 2. The Kier molecular flexibility index (Phi) is 3.91. The van der Waals surface area contributed by atoms with Crippen molar-refractivity contribution in [2.45, 2.75) is 18.9 Å². The van der Waals surface area contributed by atoms with Gasteiger partial charge in [0.15, 0.2) is 5.82 Å². The second-order valence-electron chi connectivity index (χ2n) is 4.01. The van der Waals surface area contributed by atoms with Crippen LogP contribution in [-0.4, -0.2) is 27.0 Å². The van der Waals surface area contributed by atoms with Gasteiger partial charge in [0.05, 0.1) is 6.04 Å². The molecule has 96 valence electrons. The first-order valence-corrected chi connectivity index (χ1v) is 5.66. The monoisotopic (exact) mass is 249 g/mol. The molecular weight excluding hydrogens is 234 g/mol. The zero-order valence-corrected chi connectivity index (χ0v) is 9.78. The lowest BCUT2D eigenvalue weighted by Crippen LogP contribution is -2.12. The van der Waals surface area contributed by atoms with Crippen molar-refractivity contribution < 1.29 is 14.7 Å². The van der Waals surface area contributed by atoms with Crippen molar-refractivity contribution in [3.05, 3.63) is 41.5 Å². The predicted octanol–water partition coefficient (Wildman–Crippen LogP) is 0.748. The van der Waals surface area contributed by atoms with Crippen molar-refractivity contribution in [3.8, 4) is 5.75 Å². The molecule has 0 spiro atoms. The molecule has 2 rings (SSSR count). The second-order valence-corrected chi connectivity index (χ2v) is 4.01. The summed E-state index contributed by atoms with van der Waals surface area (Å²) in [6.45, 7) is -0.0170. The fourth-order valence-electron chi connectivity index (χ4n) is 1.55. The van der Waals surface area contributed by atoms with Gasteiger partial charge in [0.2, 0.25) is 5.89 Å². The van der Waals surface area contributed by atoms with E-state index >= 15 is 0 Å². The highest BCUT2D eigenvalue weighted by atomic mass is 16.5. The van der Waals surface area contributed by atoms with Gasteiger partial charge in [0.25, 0.3) is 0 Å². The molecule has 0 aliphatic carbocycles. The third kappa shape index (κ3) is 3.06. The largest absolute Gasteiger partial charge is 0.508 e. The number of nitrogens with two attached hydrogens (primary N) is 1. The van der Waals surface area contributed by atoms with Crippen LogP contribution in [0.4, 0.5) is 0 Å². The molecule has 6 nitrogen and oxygen atoms in total. The second kappa shape index (κ2) is 5.61. The fourth-order valence-corrected chi connectivity index (χ4v) is 1.55. The first-order valence-electron chi connectivity index (χ1n) is 5.66. The molecule has 4 N–H and O–H groups in total. The van der Waals surface area contributed by atoms with E-state index in [1.807, 2.05) is 0 Å². The normalized spacial score (nSPS) is 12.6. The fraction of sp³-hybridized carbons (Fsp3) is 0.333. The van der Waals surface area contributed by atoms with E-state index in [1.165, 1.54) is 0 Å². The smallest absolute Gasteiger partial charge is 0.243 e. The summed E-state index contributed by atoms with van der Waals surface area (Å²) in [7, 11) is 0. The molecule has 1 aromatic carbocycles. The molecule has 6 heteroatoms. The maximum Gasteiger partial charge on any atom is 0.243 e. The van der Waals surface area contributed by atoms with Crippen LogP contribution in [0.15, 0.2) is 28.8 Å². The van der Waals surface area contributed by atoms with Crippen LogP contribution in [-0.2, 0) is 6.42 Å². The van der Waals surface area contributed by atoms with Crippen LogP contribution in [0.3, 0.4) is 0 Å². The van der Waals surface area contributed by atoms with E-state index in [4.69, 9.17) is 20.5 Å². The molecule has 0 bridgehead atoms. The van der Waals surface area contributed by atoms with Gasteiger partial charge in [-0.2, -0.15) is 4.98 Å². The zero-order chi connectivity index (χ0) is 13.0. The van der Waals surface area contributed by atoms with Crippen LogP contribution in [0, 0.1) is 0 Å². The van der Waals surface area contributed by atoms with Gasteiger partial charge < -0.3 is 20.5 Å². The zero-order valence-electron chi connectivity index (χ0n) is 9.78. The van der Waals surface area contributed by atoms with Crippen LogP contribution in [0.2, 0.25) is 0 Å².